The number of rotatable bonds is 3. The van der Waals surface area contributed by atoms with Gasteiger partial charge < -0.3 is 15.6 Å². The molecule has 2 rings (SSSR count). The molecule has 1 aliphatic heterocycles. The Kier molecular flexibility index (Phi) is 3.44. The molecule has 0 atom stereocenters. The highest BCUT2D eigenvalue weighted by Gasteiger charge is 2.26. The van der Waals surface area contributed by atoms with E-state index in [1.165, 1.54) is 6.07 Å². The summed E-state index contributed by atoms with van der Waals surface area (Å²) >= 11 is 0.954. The Labute approximate surface area is 102 Å². The van der Waals surface area contributed by atoms with E-state index >= 15 is 0 Å². The fourth-order valence-electron chi connectivity index (χ4n) is 1.85. The zero-order chi connectivity index (χ0) is 12.4. The van der Waals surface area contributed by atoms with Gasteiger partial charge in [0.1, 0.15) is 4.88 Å². The Morgan fingerprint density at radius 3 is 2.59 bits per heavy atom. The van der Waals surface area contributed by atoms with Crippen molar-refractivity contribution in [3.05, 3.63) is 15.8 Å². The highest BCUT2D eigenvalue weighted by Crippen LogP contribution is 2.29. The number of hydrogen-bond donors (Lipinski definition) is 2. The lowest BCUT2D eigenvalue weighted by Gasteiger charge is -2.19. The molecule has 0 spiro atoms. The third kappa shape index (κ3) is 2.48. The molecular weight excluding hydrogens is 242 g/mol. The van der Waals surface area contributed by atoms with Crippen LogP contribution in [0.25, 0.3) is 0 Å². The molecule has 0 amide bonds. The lowest BCUT2D eigenvalue weighted by molar-refractivity contribution is 0.0547. The molecule has 1 fully saturated rings. The van der Waals surface area contributed by atoms with Gasteiger partial charge in [-0.25, -0.2) is 4.79 Å². The number of thiophene rings is 1. The SMILES string of the molecule is Nc1cc(C(=O)C2CCOCC2)sc1C(=O)O. The number of carbonyl (C=O) groups is 2. The molecule has 1 aliphatic rings. The van der Waals surface area contributed by atoms with Crippen molar-refractivity contribution < 1.29 is 19.4 Å². The van der Waals surface area contributed by atoms with Crippen molar-refractivity contribution in [2.24, 2.45) is 5.92 Å². The second-order valence-electron chi connectivity index (χ2n) is 3.95. The number of anilines is 1. The second kappa shape index (κ2) is 4.85. The molecule has 0 saturated carbocycles. The van der Waals surface area contributed by atoms with Gasteiger partial charge in [-0.1, -0.05) is 0 Å². The summed E-state index contributed by atoms with van der Waals surface area (Å²) in [5, 5.41) is 8.87. The van der Waals surface area contributed by atoms with Crippen LogP contribution in [-0.4, -0.2) is 30.1 Å². The molecule has 17 heavy (non-hydrogen) atoms. The van der Waals surface area contributed by atoms with Crippen molar-refractivity contribution in [3.63, 3.8) is 0 Å². The minimum Gasteiger partial charge on any atom is -0.477 e. The highest BCUT2D eigenvalue weighted by atomic mass is 32.1. The summed E-state index contributed by atoms with van der Waals surface area (Å²) in [4.78, 5) is 23.4. The second-order valence-corrected chi connectivity index (χ2v) is 5.00. The molecule has 1 aromatic rings. The number of nitrogen functional groups attached to an aromatic ring is 1. The quantitative estimate of drug-likeness (QED) is 0.801. The zero-order valence-corrected chi connectivity index (χ0v) is 9.96. The van der Waals surface area contributed by atoms with Crippen LogP contribution in [0.1, 0.15) is 32.2 Å². The topological polar surface area (TPSA) is 89.6 Å². The fourth-order valence-corrected chi connectivity index (χ4v) is 2.79. The van der Waals surface area contributed by atoms with Gasteiger partial charge in [-0.15, -0.1) is 11.3 Å². The van der Waals surface area contributed by atoms with Crippen LogP contribution < -0.4 is 5.73 Å². The predicted molar refractivity (Wildman–Crippen MR) is 63.6 cm³/mol. The Morgan fingerprint density at radius 2 is 2.06 bits per heavy atom. The molecule has 92 valence electrons. The molecule has 1 aromatic heterocycles. The molecule has 6 heteroatoms. The average Bonchev–Trinajstić information content (AvgIpc) is 2.71. The number of carboxylic acid groups (broad SMARTS) is 1. The molecule has 5 nitrogen and oxygen atoms in total. The van der Waals surface area contributed by atoms with Crippen molar-refractivity contribution >= 4 is 28.8 Å². The Hall–Kier alpha value is -1.40. The number of hydrogen-bond acceptors (Lipinski definition) is 5. The van der Waals surface area contributed by atoms with Crippen molar-refractivity contribution in [1.29, 1.82) is 0 Å². The molecule has 0 radical (unpaired) electrons. The maximum Gasteiger partial charge on any atom is 0.348 e. The first-order valence-corrected chi connectivity index (χ1v) is 6.16. The first kappa shape index (κ1) is 12.1. The van der Waals surface area contributed by atoms with Gasteiger partial charge in [0.15, 0.2) is 5.78 Å². The van der Waals surface area contributed by atoms with Crippen molar-refractivity contribution in [3.8, 4) is 0 Å². The number of aromatic carboxylic acids is 1. The molecule has 2 heterocycles. The predicted octanol–water partition coefficient (Wildman–Crippen LogP) is 1.64. The fraction of sp³-hybridized carbons (Fsp3) is 0.455. The summed E-state index contributed by atoms with van der Waals surface area (Å²) in [6, 6.07) is 1.46. The first-order valence-electron chi connectivity index (χ1n) is 5.34. The first-order chi connectivity index (χ1) is 8.09. The largest absolute Gasteiger partial charge is 0.477 e. The number of ketones is 1. The lowest BCUT2D eigenvalue weighted by atomic mass is 9.94. The minimum absolute atomic E-state index is 0.0162. The van der Waals surface area contributed by atoms with Gasteiger partial charge in [0.05, 0.1) is 10.6 Å². The van der Waals surface area contributed by atoms with Crippen LogP contribution in [0.5, 0.6) is 0 Å². The van der Waals surface area contributed by atoms with E-state index in [9.17, 15) is 9.59 Å². The summed E-state index contributed by atoms with van der Waals surface area (Å²) in [5.74, 6) is -1.17. The van der Waals surface area contributed by atoms with Crippen LogP contribution in [0.2, 0.25) is 0 Å². The van der Waals surface area contributed by atoms with Crippen LogP contribution >= 0.6 is 11.3 Å². The van der Waals surface area contributed by atoms with Crippen molar-refractivity contribution in [2.75, 3.05) is 18.9 Å². The molecule has 1 saturated heterocycles. The summed E-state index contributed by atoms with van der Waals surface area (Å²) in [7, 11) is 0. The van der Waals surface area contributed by atoms with Gasteiger partial charge in [0.25, 0.3) is 0 Å². The van der Waals surface area contributed by atoms with E-state index in [4.69, 9.17) is 15.6 Å². The van der Waals surface area contributed by atoms with Gasteiger partial charge in [0.2, 0.25) is 0 Å². The number of Topliss-reactive ketones (excluding diaryl/α,β-unsaturated/α-hetero) is 1. The molecule has 0 aromatic carbocycles. The maximum absolute atomic E-state index is 12.1. The van der Waals surface area contributed by atoms with Gasteiger partial charge in [-0.3, -0.25) is 4.79 Å². The van der Waals surface area contributed by atoms with E-state index in [2.05, 4.69) is 0 Å². The smallest absolute Gasteiger partial charge is 0.348 e. The number of carboxylic acids is 1. The van der Waals surface area contributed by atoms with E-state index < -0.39 is 5.97 Å². The van der Waals surface area contributed by atoms with Crippen LogP contribution in [0.3, 0.4) is 0 Å². The summed E-state index contributed by atoms with van der Waals surface area (Å²) in [6.45, 7) is 1.17. The summed E-state index contributed by atoms with van der Waals surface area (Å²) in [5.41, 5.74) is 5.73. The molecule has 0 aliphatic carbocycles. The minimum atomic E-state index is -1.08. The average molecular weight is 255 g/mol. The van der Waals surface area contributed by atoms with Crippen molar-refractivity contribution in [2.45, 2.75) is 12.8 Å². The lowest BCUT2D eigenvalue weighted by Crippen LogP contribution is -2.22. The third-order valence-electron chi connectivity index (χ3n) is 2.79. The van der Waals surface area contributed by atoms with Crippen molar-refractivity contribution in [1.82, 2.24) is 0 Å². The number of nitrogens with two attached hydrogens (primary N) is 1. The highest BCUT2D eigenvalue weighted by molar-refractivity contribution is 7.16. The van der Waals surface area contributed by atoms with Crippen LogP contribution in [0, 0.1) is 5.92 Å². The third-order valence-corrected chi connectivity index (χ3v) is 3.94. The van der Waals surface area contributed by atoms with E-state index in [0.717, 1.165) is 11.3 Å². The molecule has 0 unspecified atom stereocenters. The van der Waals surface area contributed by atoms with E-state index in [1.54, 1.807) is 0 Å². The van der Waals surface area contributed by atoms with E-state index in [0.29, 0.717) is 30.9 Å². The van der Waals surface area contributed by atoms with Crippen LogP contribution in [0.15, 0.2) is 6.07 Å². The number of carbonyl (C=O) groups excluding carboxylic acids is 1. The summed E-state index contributed by atoms with van der Waals surface area (Å²) in [6.07, 6.45) is 1.39. The Morgan fingerprint density at radius 1 is 1.41 bits per heavy atom. The van der Waals surface area contributed by atoms with E-state index in [-0.39, 0.29) is 22.3 Å². The standard InChI is InChI=1S/C11H13NO4S/c12-7-5-8(17-10(7)11(14)15)9(13)6-1-3-16-4-2-6/h5-6H,1-4,12H2,(H,14,15). The molecular formula is C11H13NO4S. The number of ether oxygens (including phenoxy) is 1. The normalized spacial score (nSPS) is 16.9. The van der Waals surface area contributed by atoms with Gasteiger partial charge in [-0.2, -0.15) is 0 Å². The zero-order valence-electron chi connectivity index (χ0n) is 9.14. The monoisotopic (exact) mass is 255 g/mol. The van der Waals surface area contributed by atoms with Gasteiger partial charge >= 0.3 is 5.97 Å². The maximum atomic E-state index is 12.1. The van der Waals surface area contributed by atoms with Gasteiger partial charge in [0, 0.05) is 19.1 Å². The Bertz CT molecular complexity index is 448. The van der Waals surface area contributed by atoms with Gasteiger partial charge in [-0.05, 0) is 18.9 Å². The van der Waals surface area contributed by atoms with Crippen LogP contribution in [0.4, 0.5) is 5.69 Å². The van der Waals surface area contributed by atoms with Crippen LogP contribution in [-0.2, 0) is 4.74 Å². The Balaban J connectivity index is 2.19. The summed E-state index contributed by atoms with van der Waals surface area (Å²) < 4.78 is 5.19. The molecule has 3 N–H and O–H groups in total. The molecule has 0 bridgehead atoms. The van der Waals surface area contributed by atoms with E-state index in [1.807, 2.05) is 0 Å².